The lowest BCUT2D eigenvalue weighted by molar-refractivity contribution is 0.0961. The molecule has 2 rings (SSSR count). The second-order valence-corrected chi connectivity index (χ2v) is 5.93. The topological polar surface area (TPSA) is 79.3 Å². The van der Waals surface area contributed by atoms with Crippen LogP contribution in [-0.2, 0) is 6.54 Å². The zero-order valence-electron chi connectivity index (χ0n) is 13.8. The quantitative estimate of drug-likeness (QED) is 0.832. The van der Waals surface area contributed by atoms with E-state index in [2.05, 4.69) is 15.7 Å². The van der Waals surface area contributed by atoms with Crippen LogP contribution in [0, 0.1) is 0 Å². The van der Waals surface area contributed by atoms with Gasteiger partial charge in [0, 0.05) is 25.5 Å². The summed E-state index contributed by atoms with van der Waals surface area (Å²) in [6.07, 6.45) is 3.20. The van der Waals surface area contributed by atoms with E-state index in [-0.39, 0.29) is 11.8 Å². The minimum absolute atomic E-state index is 0.295. The van der Waals surface area contributed by atoms with Crippen molar-refractivity contribution < 1.29 is 9.59 Å². The van der Waals surface area contributed by atoms with Gasteiger partial charge in [0.2, 0.25) is 0 Å². The van der Waals surface area contributed by atoms with Crippen LogP contribution in [0.1, 0.15) is 20.7 Å². The van der Waals surface area contributed by atoms with Gasteiger partial charge in [-0.3, -0.25) is 14.3 Å². The van der Waals surface area contributed by atoms with Gasteiger partial charge in [-0.2, -0.15) is 5.10 Å². The molecule has 2 aromatic rings. The van der Waals surface area contributed by atoms with Gasteiger partial charge in [0.25, 0.3) is 11.8 Å². The molecule has 0 aliphatic carbocycles. The summed E-state index contributed by atoms with van der Waals surface area (Å²) in [7, 11) is 5.47. The summed E-state index contributed by atoms with van der Waals surface area (Å²) in [5.41, 5.74) is 1.24. The van der Waals surface area contributed by atoms with Crippen LogP contribution in [0.3, 0.4) is 0 Å². The van der Waals surface area contributed by atoms with Gasteiger partial charge < -0.3 is 15.5 Å². The van der Waals surface area contributed by atoms with Crippen molar-refractivity contribution in [3.63, 3.8) is 0 Å². The summed E-state index contributed by atoms with van der Waals surface area (Å²) < 4.78 is 1.72. The zero-order valence-corrected chi connectivity index (χ0v) is 14.6. The van der Waals surface area contributed by atoms with E-state index in [1.807, 2.05) is 19.0 Å². The molecule has 0 atom stereocenters. The highest BCUT2D eigenvalue weighted by molar-refractivity contribution is 6.34. The van der Waals surface area contributed by atoms with Gasteiger partial charge in [0.1, 0.15) is 0 Å². The Morgan fingerprint density at radius 1 is 1.29 bits per heavy atom. The number of nitrogens with zero attached hydrogens (tertiary/aromatic N) is 3. The van der Waals surface area contributed by atoms with Crippen molar-refractivity contribution in [3.8, 4) is 0 Å². The van der Waals surface area contributed by atoms with Crippen LogP contribution in [-0.4, -0.2) is 54.2 Å². The summed E-state index contributed by atoms with van der Waals surface area (Å²) in [5.74, 6) is -0.608. The molecule has 0 bridgehead atoms. The maximum atomic E-state index is 12.3. The molecule has 0 saturated carbocycles. The predicted octanol–water partition coefficient (Wildman–Crippen LogP) is 1.71. The molecule has 2 amide bonds. The number of carbonyl (C=O) groups excluding carboxylic acids is 2. The molecule has 7 nitrogen and oxygen atoms in total. The van der Waals surface area contributed by atoms with Gasteiger partial charge in [-0.1, -0.05) is 11.6 Å². The Morgan fingerprint density at radius 3 is 2.71 bits per heavy atom. The van der Waals surface area contributed by atoms with Crippen LogP contribution in [0.15, 0.2) is 30.6 Å². The zero-order chi connectivity index (χ0) is 17.7. The lowest BCUT2D eigenvalue weighted by atomic mass is 10.2. The van der Waals surface area contributed by atoms with Gasteiger partial charge in [-0.25, -0.2) is 0 Å². The van der Waals surface area contributed by atoms with Crippen LogP contribution in [0.5, 0.6) is 0 Å². The fourth-order valence-corrected chi connectivity index (χ4v) is 2.22. The predicted molar refractivity (Wildman–Crippen MR) is 93.6 cm³/mol. The molecule has 0 aliphatic heterocycles. The van der Waals surface area contributed by atoms with Crippen LogP contribution in [0.2, 0.25) is 5.02 Å². The van der Waals surface area contributed by atoms with Crippen LogP contribution in [0.25, 0.3) is 0 Å². The molecule has 0 fully saturated rings. The van der Waals surface area contributed by atoms with Crippen LogP contribution in [0.4, 0.5) is 5.69 Å². The average Bonchev–Trinajstić information content (AvgIpc) is 3.03. The van der Waals surface area contributed by atoms with Crippen molar-refractivity contribution in [2.45, 2.75) is 6.54 Å². The number of likely N-dealkylation sites (N-methyl/N-ethyl adjacent to an activating group) is 1. The number of aromatic nitrogens is 2. The molecular formula is C16H20ClN5O2. The second-order valence-electron chi connectivity index (χ2n) is 5.52. The normalized spacial score (nSPS) is 10.7. The first-order valence-electron chi connectivity index (χ1n) is 7.41. The largest absolute Gasteiger partial charge is 0.355 e. The van der Waals surface area contributed by atoms with Crippen LogP contribution >= 0.6 is 11.6 Å². The molecule has 0 spiro atoms. The fraction of sp³-hybridized carbons (Fsp3) is 0.312. The first-order chi connectivity index (χ1) is 11.4. The Hall–Kier alpha value is -2.38. The third-order valence-corrected chi connectivity index (χ3v) is 3.70. The van der Waals surface area contributed by atoms with Gasteiger partial charge in [0.15, 0.2) is 0 Å². The summed E-state index contributed by atoms with van der Waals surface area (Å²) in [6.45, 7) is 1.53. The molecule has 24 heavy (non-hydrogen) atoms. The first-order valence-corrected chi connectivity index (χ1v) is 7.78. The van der Waals surface area contributed by atoms with Crippen molar-refractivity contribution >= 4 is 29.1 Å². The third kappa shape index (κ3) is 4.56. The average molecular weight is 350 g/mol. The van der Waals surface area contributed by atoms with Crippen molar-refractivity contribution in [1.82, 2.24) is 20.0 Å². The first kappa shape index (κ1) is 18.0. The van der Waals surface area contributed by atoms with Gasteiger partial charge in [0.05, 0.1) is 28.9 Å². The van der Waals surface area contributed by atoms with E-state index in [0.717, 1.165) is 6.54 Å². The highest BCUT2D eigenvalue weighted by Crippen LogP contribution is 2.21. The molecule has 8 heteroatoms. The SMILES string of the molecule is CNC(=O)c1cc(NC(=O)c2cnn(CCN(C)C)c2)ccc1Cl. The molecular weight excluding hydrogens is 330 g/mol. The monoisotopic (exact) mass is 349 g/mol. The summed E-state index contributed by atoms with van der Waals surface area (Å²) in [5, 5.41) is 9.74. The van der Waals surface area contributed by atoms with E-state index in [4.69, 9.17) is 11.6 Å². The number of carbonyl (C=O) groups is 2. The smallest absolute Gasteiger partial charge is 0.258 e. The van der Waals surface area contributed by atoms with Crippen molar-refractivity contribution in [2.75, 3.05) is 33.0 Å². The van der Waals surface area contributed by atoms with Gasteiger partial charge in [-0.15, -0.1) is 0 Å². The van der Waals surface area contributed by atoms with E-state index in [0.29, 0.717) is 28.4 Å². The molecule has 128 valence electrons. The van der Waals surface area contributed by atoms with Gasteiger partial charge >= 0.3 is 0 Å². The highest BCUT2D eigenvalue weighted by atomic mass is 35.5. The lowest BCUT2D eigenvalue weighted by Crippen LogP contribution is -2.19. The lowest BCUT2D eigenvalue weighted by Gasteiger charge is -2.09. The number of hydrogen-bond donors (Lipinski definition) is 2. The van der Waals surface area contributed by atoms with E-state index in [1.54, 1.807) is 23.0 Å². The van der Waals surface area contributed by atoms with E-state index in [9.17, 15) is 9.59 Å². The van der Waals surface area contributed by atoms with Crippen molar-refractivity contribution in [2.24, 2.45) is 0 Å². The molecule has 1 heterocycles. The van der Waals surface area contributed by atoms with Crippen molar-refractivity contribution in [3.05, 3.63) is 46.7 Å². The standard InChI is InChI=1S/C16H20ClN5O2/c1-18-16(24)13-8-12(4-5-14(13)17)20-15(23)11-9-19-22(10-11)7-6-21(2)3/h4-5,8-10H,6-7H2,1-3H3,(H,18,24)(H,20,23). The number of benzene rings is 1. The third-order valence-electron chi connectivity index (χ3n) is 3.37. The Labute approximate surface area is 145 Å². The number of anilines is 1. The van der Waals surface area contributed by atoms with Crippen molar-refractivity contribution in [1.29, 1.82) is 0 Å². The summed E-state index contributed by atoms with van der Waals surface area (Å²) in [4.78, 5) is 26.1. The van der Waals surface area contributed by atoms with Crippen LogP contribution < -0.4 is 10.6 Å². The maximum absolute atomic E-state index is 12.3. The molecule has 2 N–H and O–H groups in total. The Balaban J connectivity index is 2.08. The van der Waals surface area contributed by atoms with E-state index in [1.165, 1.54) is 19.3 Å². The number of halogens is 1. The molecule has 0 aliphatic rings. The molecule has 0 saturated heterocycles. The maximum Gasteiger partial charge on any atom is 0.258 e. The molecule has 1 aromatic carbocycles. The number of rotatable bonds is 6. The summed E-state index contributed by atoms with van der Waals surface area (Å²) >= 11 is 6.00. The summed E-state index contributed by atoms with van der Waals surface area (Å²) in [6, 6.07) is 4.75. The molecule has 0 unspecified atom stereocenters. The number of amides is 2. The minimum atomic E-state index is -0.312. The Morgan fingerprint density at radius 2 is 2.04 bits per heavy atom. The Bertz CT molecular complexity index is 742. The number of nitrogens with one attached hydrogen (secondary N) is 2. The van der Waals surface area contributed by atoms with Gasteiger partial charge in [-0.05, 0) is 32.3 Å². The second kappa shape index (κ2) is 7.94. The molecule has 0 radical (unpaired) electrons. The fourth-order valence-electron chi connectivity index (χ4n) is 2.02. The number of hydrogen-bond acceptors (Lipinski definition) is 4. The van der Waals surface area contributed by atoms with E-state index < -0.39 is 0 Å². The minimum Gasteiger partial charge on any atom is -0.355 e. The molecule has 1 aromatic heterocycles. The van der Waals surface area contributed by atoms with E-state index >= 15 is 0 Å². The Kier molecular flexibility index (Phi) is 5.94. The highest BCUT2D eigenvalue weighted by Gasteiger charge is 2.13.